The van der Waals surface area contributed by atoms with Crippen LogP contribution in [0.2, 0.25) is 0 Å². The molecular formula is C28H48O2. The van der Waals surface area contributed by atoms with Crippen molar-refractivity contribution in [2.45, 2.75) is 124 Å². The van der Waals surface area contributed by atoms with Crippen molar-refractivity contribution in [2.24, 2.45) is 39.9 Å². The third kappa shape index (κ3) is 3.10. The van der Waals surface area contributed by atoms with Crippen molar-refractivity contribution in [3.05, 3.63) is 11.6 Å². The monoisotopic (exact) mass is 416 g/mol. The van der Waals surface area contributed by atoms with Gasteiger partial charge in [0.2, 0.25) is 0 Å². The van der Waals surface area contributed by atoms with Gasteiger partial charge in [0, 0.05) is 0 Å². The van der Waals surface area contributed by atoms with Crippen LogP contribution < -0.4 is 0 Å². The van der Waals surface area contributed by atoms with E-state index in [9.17, 15) is 10.2 Å². The molecule has 0 aromatic rings. The predicted octanol–water partition coefficient (Wildman–Crippen LogP) is 6.89. The fraction of sp³-hybridized carbons (Fsp3) is 0.929. The third-order valence-electron chi connectivity index (χ3n) is 11.7. The Hall–Kier alpha value is -0.340. The van der Waals surface area contributed by atoms with Crippen LogP contribution in [-0.2, 0) is 0 Å². The molecule has 4 aliphatic carbocycles. The highest BCUT2D eigenvalue weighted by Gasteiger charge is 2.65. The Bertz CT molecular complexity index is 684. The highest BCUT2D eigenvalue weighted by atomic mass is 16.3. The normalized spacial score (nSPS) is 50.1. The minimum absolute atomic E-state index is 0.141. The maximum absolute atomic E-state index is 11.0. The van der Waals surface area contributed by atoms with Gasteiger partial charge in [-0.2, -0.15) is 0 Å². The Morgan fingerprint density at radius 1 is 1.00 bits per heavy atom. The molecular weight excluding hydrogens is 368 g/mol. The lowest BCUT2D eigenvalue weighted by Gasteiger charge is -2.63. The summed E-state index contributed by atoms with van der Waals surface area (Å²) in [6.45, 7) is 14.4. The van der Waals surface area contributed by atoms with Gasteiger partial charge in [0.1, 0.15) is 0 Å². The van der Waals surface area contributed by atoms with E-state index in [0.29, 0.717) is 28.1 Å². The highest BCUT2D eigenvalue weighted by Crippen LogP contribution is 2.73. The van der Waals surface area contributed by atoms with E-state index >= 15 is 0 Å². The van der Waals surface area contributed by atoms with Crippen molar-refractivity contribution in [1.29, 1.82) is 0 Å². The van der Waals surface area contributed by atoms with Crippen molar-refractivity contribution in [1.82, 2.24) is 0 Å². The molecule has 0 bridgehead atoms. The fourth-order valence-corrected chi connectivity index (χ4v) is 9.12. The maximum Gasteiger partial charge on any atom is 0.0682 e. The average molecular weight is 417 g/mol. The smallest absolute Gasteiger partial charge is 0.0682 e. The quantitative estimate of drug-likeness (QED) is 0.479. The Kier molecular flexibility index (Phi) is 5.80. The van der Waals surface area contributed by atoms with Crippen molar-refractivity contribution in [3.63, 3.8) is 0 Å². The van der Waals surface area contributed by atoms with E-state index in [1.165, 1.54) is 32.1 Å². The molecule has 4 rings (SSSR count). The first kappa shape index (κ1) is 22.8. The van der Waals surface area contributed by atoms with Gasteiger partial charge < -0.3 is 10.2 Å². The number of aliphatic hydroxyl groups excluding tert-OH is 1. The van der Waals surface area contributed by atoms with E-state index in [1.54, 1.807) is 5.57 Å². The van der Waals surface area contributed by atoms with Crippen LogP contribution in [0.5, 0.6) is 0 Å². The molecule has 0 spiro atoms. The Balaban J connectivity index is 1.63. The maximum atomic E-state index is 11.0. The van der Waals surface area contributed by atoms with E-state index in [0.717, 1.165) is 50.4 Å². The Labute approximate surface area is 185 Å². The molecule has 0 saturated heterocycles. The second-order valence-corrected chi connectivity index (χ2v) is 12.6. The molecule has 172 valence electrons. The molecule has 3 fully saturated rings. The topological polar surface area (TPSA) is 40.5 Å². The van der Waals surface area contributed by atoms with Crippen molar-refractivity contribution < 1.29 is 10.2 Å². The molecule has 4 aliphatic rings. The largest absolute Gasteiger partial charge is 0.393 e. The van der Waals surface area contributed by atoms with Crippen LogP contribution in [0.1, 0.15) is 112 Å². The number of rotatable bonds is 5. The van der Waals surface area contributed by atoms with Crippen LogP contribution >= 0.6 is 0 Å². The van der Waals surface area contributed by atoms with Gasteiger partial charge in [-0.05, 0) is 104 Å². The summed E-state index contributed by atoms with van der Waals surface area (Å²) in [6, 6.07) is 0. The third-order valence-corrected chi connectivity index (χ3v) is 11.7. The lowest BCUT2D eigenvalue weighted by Crippen LogP contribution is -2.56. The number of hydrogen-bond donors (Lipinski definition) is 2. The lowest BCUT2D eigenvalue weighted by atomic mass is 9.41. The van der Waals surface area contributed by atoms with E-state index in [-0.39, 0.29) is 6.10 Å². The van der Waals surface area contributed by atoms with E-state index in [2.05, 4.69) is 47.6 Å². The first-order valence-corrected chi connectivity index (χ1v) is 13.1. The zero-order chi connectivity index (χ0) is 21.9. The summed E-state index contributed by atoms with van der Waals surface area (Å²) in [7, 11) is 0. The second kappa shape index (κ2) is 7.62. The second-order valence-electron chi connectivity index (χ2n) is 12.6. The standard InChI is InChI=1S/C28H48O2/c1-7-9-24(29)19(3)21-12-14-27(6)23-11-10-20-18-28(30,8-2)17-16-25(20,4)22(23)13-15-26(21,27)5/h10,19,21-24,29-30H,7-9,11-18H2,1-6H3/t19-,21+,22-,23+,24-,25-,26+,27-,28-/m0/s1. The molecule has 0 aromatic carbocycles. The summed E-state index contributed by atoms with van der Waals surface area (Å²) in [5, 5.41) is 21.8. The van der Waals surface area contributed by atoms with Crippen molar-refractivity contribution in [2.75, 3.05) is 0 Å². The summed E-state index contributed by atoms with van der Waals surface area (Å²) in [5.74, 6) is 2.59. The SMILES string of the molecule is CCC[C@H](O)[C@@H](C)[C@H]1CC[C@@]2(C)[C@@H]3CC=C4C[C@](O)(CC)CC[C@]4(C)[C@H]3CC[C@]12C. The van der Waals surface area contributed by atoms with Gasteiger partial charge in [0.05, 0.1) is 11.7 Å². The lowest BCUT2D eigenvalue weighted by molar-refractivity contribution is -0.126. The molecule has 2 N–H and O–H groups in total. The van der Waals surface area contributed by atoms with Gasteiger partial charge in [0.25, 0.3) is 0 Å². The minimum atomic E-state index is -0.464. The Morgan fingerprint density at radius 2 is 1.70 bits per heavy atom. The van der Waals surface area contributed by atoms with Crippen LogP contribution in [-0.4, -0.2) is 21.9 Å². The molecule has 0 aromatic heterocycles. The summed E-state index contributed by atoms with van der Waals surface area (Å²) in [6.07, 6.45) is 14.8. The number of aliphatic hydroxyl groups is 2. The highest BCUT2D eigenvalue weighted by molar-refractivity contribution is 5.28. The molecule has 30 heavy (non-hydrogen) atoms. The van der Waals surface area contributed by atoms with Crippen LogP contribution in [0.15, 0.2) is 11.6 Å². The molecule has 0 unspecified atom stereocenters. The average Bonchev–Trinajstić information content (AvgIpc) is 2.99. The molecule has 3 saturated carbocycles. The summed E-state index contributed by atoms with van der Waals surface area (Å²) < 4.78 is 0. The van der Waals surface area contributed by atoms with Gasteiger partial charge >= 0.3 is 0 Å². The number of fused-ring (bicyclic) bond motifs is 5. The zero-order valence-corrected chi connectivity index (χ0v) is 20.6. The van der Waals surface area contributed by atoms with Gasteiger partial charge in [-0.25, -0.2) is 0 Å². The summed E-state index contributed by atoms with van der Waals surface area (Å²) >= 11 is 0. The van der Waals surface area contributed by atoms with Crippen molar-refractivity contribution >= 4 is 0 Å². The molecule has 2 nitrogen and oxygen atoms in total. The van der Waals surface area contributed by atoms with Gasteiger partial charge in [-0.3, -0.25) is 0 Å². The van der Waals surface area contributed by atoms with Crippen molar-refractivity contribution in [3.8, 4) is 0 Å². The van der Waals surface area contributed by atoms with Crippen LogP contribution in [0.25, 0.3) is 0 Å². The van der Waals surface area contributed by atoms with Crippen LogP contribution in [0, 0.1) is 39.9 Å². The minimum Gasteiger partial charge on any atom is -0.393 e. The van der Waals surface area contributed by atoms with Crippen LogP contribution in [0.4, 0.5) is 0 Å². The van der Waals surface area contributed by atoms with E-state index in [4.69, 9.17) is 0 Å². The van der Waals surface area contributed by atoms with E-state index < -0.39 is 5.60 Å². The first-order valence-electron chi connectivity index (χ1n) is 13.1. The molecule has 0 amide bonds. The predicted molar refractivity (Wildman–Crippen MR) is 125 cm³/mol. The summed E-state index contributed by atoms with van der Waals surface area (Å²) in [4.78, 5) is 0. The molecule has 0 heterocycles. The number of allylic oxidation sites excluding steroid dienone is 1. The fourth-order valence-electron chi connectivity index (χ4n) is 9.12. The van der Waals surface area contributed by atoms with E-state index in [1.807, 2.05) is 0 Å². The van der Waals surface area contributed by atoms with Gasteiger partial charge in [0.15, 0.2) is 0 Å². The van der Waals surface area contributed by atoms with Gasteiger partial charge in [-0.1, -0.05) is 59.6 Å². The van der Waals surface area contributed by atoms with Crippen LogP contribution in [0.3, 0.4) is 0 Å². The molecule has 2 heteroatoms. The van der Waals surface area contributed by atoms with Gasteiger partial charge in [-0.15, -0.1) is 0 Å². The number of hydrogen-bond acceptors (Lipinski definition) is 2. The zero-order valence-electron chi connectivity index (χ0n) is 20.6. The molecule has 0 aliphatic heterocycles. The summed E-state index contributed by atoms with van der Waals surface area (Å²) in [5.41, 5.74) is 2.13. The molecule has 9 atom stereocenters. The first-order chi connectivity index (χ1) is 14.0. The molecule has 0 radical (unpaired) electrons. The Morgan fingerprint density at radius 3 is 2.37 bits per heavy atom.